The summed E-state index contributed by atoms with van der Waals surface area (Å²) in [6.07, 6.45) is 0. The molecule has 112 valence electrons. The Balaban J connectivity index is 1.95. The minimum absolute atomic E-state index is 0.113. The topological polar surface area (TPSA) is 32.5 Å². The van der Waals surface area contributed by atoms with Crippen molar-refractivity contribution in [2.24, 2.45) is 5.73 Å². The van der Waals surface area contributed by atoms with Crippen LogP contribution in [-0.2, 0) is 0 Å². The van der Waals surface area contributed by atoms with Gasteiger partial charge in [-0.15, -0.1) is 0 Å². The summed E-state index contributed by atoms with van der Waals surface area (Å²) in [6.45, 7) is 11.1. The molecule has 3 heteroatoms. The third-order valence-corrected chi connectivity index (χ3v) is 4.43. The molecule has 2 N–H and O–H groups in total. The molecule has 2 rings (SSSR count). The third kappa shape index (κ3) is 3.81. The van der Waals surface area contributed by atoms with Crippen LogP contribution in [0.15, 0.2) is 24.3 Å². The second kappa shape index (κ2) is 6.70. The maximum absolute atomic E-state index is 6.39. The van der Waals surface area contributed by atoms with Crippen molar-refractivity contribution in [2.45, 2.75) is 38.8 Å². The van der Waals surface area contributed by atoms with Crippen LogP contribution in [0.3, 0.4) is 0 Å². The average Bonchev–Trinajstić information content (AvgIpc) is 2.42. The largest absolute Gasteiger partial charge is 0.323 e. The van der Waals surface area contributed by atoms with Gasteiger partial charge in [0.25, 0.3) is 0 Å². The summed E-state index contributed by atoms with van der Waals surface area (Å²) in [5, 5.41) is 0. The molecular formula is C17H29N3. The Bertz CT molecular complexity index is 413. The highest BCUT2D eigenvalue weighted by Crippen LogP contribution is 2.19. The molecule has 0 aromatic heterocycles. The fourth-order valence-electron chi connectivity index (χ4n) is 2.93. The van der Waals surface area contributed by atoms with Gasteiger partial charge in [0.1, 0.15) is 0 Å². The second-order valence-corrected chi connectivity index (χ2v) is 6.53. The van der Waals surface area contributed by atoms with Crippen LogP contribution in [0.5, 0.6) is 0 Å². The van der Waals surface area contributed by atoms with Gasteiger partial charge in [-0.05, 0) is 31.0 Å². The molecule has 0 spiro atoms. The Kier molecular flexibility index (Phi) is 5.19. The third-order valence-electron chi connectivity index (χ3n) is 4.43. The van der Waals surface area contributed by atoms with Crippen molar-refractivity contribution >= 4 is 0 Å². The second-order valence-electron chi connectivity index (χ2n) is 6.53. The van der Waals surface area contributed by atoms with Gasteiger partial charge in [-0.25, -0.2) is 0 Å². The van der Waals surface area contributed by atoms with Crippen molar-refractivity contribution in [1.82, 2.24) is 9.80 Å². The number of piperazine rings is 1. The zero-order valence-electron chi connectivity index (χ0n) is 13.3. The van der Waals surface area contributed by atoms with E-state index in [2.05, 4.69) is 61.9 Å². The lowest BCUT2D eigenvalue weighted by atomic mass is 9.99. The summed E-state index contributed by atoms with van der Waals surface area (Å²) in [7, 11) is 2.19. The van der Waals surface area contributed by atoms with Gasteiger partial charge in [-0.2, -0.15) is 0 Å². The molecule has 20 heavy (non-hydrogen) atoms. The molecule has 1 aliphatic heterocycles. The minimum Gasteiger partial charge on any atom is -0.323 e. The first-order valence-electron chi connectivity index (χ1n) is 7.75. The van der Waals surface area contributed by atoms with Gasteiger partial charge in [0.2, 0.25) is 0 Å². The molecule has 1 aromatic carbocycles. The Morgan fingerprint density at radius 3 is 2.30 bits per heavy atom. The van der Waals surface area contributed by atoms with Crippen LogP contribution < -0.4 is 5.73 Å². The molecule has 2 unspecified atom stereocenters. The zero-order chi connectivity index (χ0) is 14.7. The summed E-state index contributed by atoms with van der Waals surface area (Å²) in [4.78, 5) is 4.91. The Hall–Kier alpha value is -0.900. The predicted octanol–water partition coefficient (Wildman–Crippen LogP) is 2.45. The van der Waals surface area contributed by atoms with Crippen LogP contribution in [0.25, 0.3) is 0 Å². The molecule has 1 aromatic rings. The summed E-state index contributed by atoms with van der Waals surface area (Å²) >= 11 is 0. The molecule has 0 aliphatic carbocycles. The number of hydrogen-bond acceptors (Lipinski definition) is 3. The summed E-state index contributed by atoms with van der Waals surface area (Å²) in [6, 6.07) is 9.53. The first-order chi connectivity index (χ1) is 9.47. The van der Waals surface area contributed by atoms with E-state index in [0.29, 0.717) is 12.0 Å². The van der Waals surface area contributed by atoms with E-state index in [1.165, 1.54) is 11.1 Å². The van der Waals surface area contributed by atoms with Gasteiger partial charge < -0.3 is 10.6 Å². The maximum Gasteiger partial charge on any atom is 0.0424 e. The average molecular weight is 275 g/mol. The van der Waals surface area contributed by atoms with Crippen LogP contribution in [-0.4, -0.2) is 49.1 Å². The van der Waals surface area contributed by atoms with Crippen LogP contribution in [0, 0.1) is 0 Å². The van der Waals surface area contributed by atoms with Crippen molar-refractivity contribution in [3.8, 4) is 0 Å². The summed E-state index contributed by atoms with van der Waals surface area (Å²) < 4.78 is 0. The van der Waals surface area contributed by atoms with E-state index in [4.69, 9.17) is 5.73 Å². The van der Waals surface area contributed by atoms with Crippen molar-refractivity contribution in [2.75, 3.05) is 33.2 Å². The van der Waals surface area contributed by atoms with Crippen LogP contribution in [0.2, 0.25) is 0 Å². The van der Waals surface area contributed by atoms with Crippen molar-refractivity contribution in [3.05, 3.63) is 35.4 Å². The Morgan fingerprint density at radius 1 is 1.15 bits per heavy atom. The van der Waals surface area contributed by atoms with Gasteiger partial charge in [0, 0.05) is 38.3 Å². The standard InChI is InChI=1S/C17H29N3/c1-13(2)15-5-7-16(8-6-15)17(18)12-20-10-9-19(4)11-14(20)3/h5-8,13-14,17H,9-12,18H2,1-4H3. The lowest BCUT2D eigenvalue weighted by Crippen LogP contribution is -2.52. The first-order valence-corrected chi connectivity index (χ1v) is 7.75. The maximum atomic E-state index is 6.39. The molecule has 1 fully saturated rings. The molecule has 0 amide bonds. The monoisotopic (exact) mass is 275 g/mol. The van der Waals surface area contributed by atoms with Crippen LogP contribution in [0.4, 0.5) is 0 Å². The molecular weight excluding hydrogens is 246 g/mol. The highest BCUT2D eigenvalue weighted by atomic mass is 15.3. The molecule has 0 saturated carbocycles. The van der Waals surface area contributed by atoms with Gasteiger partial charge in [0.15, 0.2) is 0 Å². The smallest absolute Gasteiger partial charge is 0.0424 e. The van der Waals surface area contributed by atoms with Gasteiger partial charge >= 0.3 is 0 Å². The van der Waals surface area contributed by atoms with Crippen molar-refractivity contribution < 1.29 is 0 Å². The van der Waals surface area contributed by atoms with E-state index >= 15 is 0 Å². The number of benzene rings is 1. The number of hydrogen-bond donors (Lipinski definition) is 1. The Morgan fingerprint density at radius 2 is 1.75 bits per heavy atom. The van der Waals surface area contributed by atoms with Crippen molar-refractivity contribution in [1.29, 1.82) is 0 Å². The lowest BCUT2D eigenvalue weighted by molar-refractivity contribution is 0.0945. The number of nitrogens with zero attached hydrogens (tertiary/aromatic N) is 2. The summed E-state index contributed by atoms with van der Waals surface area (Å²) in [5.41, 5.74) is 9.03. The van der Waals surface area contributed by atoms with E-state index in [-0.39, 0.29) is 6.04 Å². The van der Waals surface area contributed by atoms with Gasteiger partial charge in [-0.3, -0.25) is 4.90 Å². The SMILES string of the molecule is CC(C)c1ccc(C(N)CN2CCN(C)CC2C)cc1. The molecule has 1 saturated heterocycles. The van der Waals surface area contributed by atoms with E-state index in [1.807, 2.05) is 0 Å². The lowest BCUT2D eigenvalue weighted by Gasteiger charge is -2.39. The number of rotatable bonds is 4. The molecule has 1 heterocycles. The van der Waals surface area contributed by atoms with Crippen LogP contribution >= 0.6 is 0 Å². The van der Waals surface area contributed by atoms with Gasteiger partial charge in [0.05, 0.1) is 0 Å². The Labute approximate surface area is 123 Å². The molecule has 2 atom stereocenters. The highest BCUT2D eigenvalue weighted by molar-refractivity contribution is 5.26. The molecule has 3 nitrogen and oxygen atoms in total. The van der Waals surface area contributed by atoms with Gasteiger partial charge in [-0.1, -0.05) is 38.1 Å². The number of nitrogens with two attached hydrogens (primary N) is 1. The fourth-order valence-corrected chi connectivity index (χ4v) is 2.93. The number of likely N-dealkylation sites (N-methyl/N-ethyl adjacent to an activating group) is 1. The highest BCUT2D eigenvalue weighted by Gasteiger charge is 2.23. The van der Waals surface area contributed by atoms with E-state index in [9.17, 15) is 0 Å². The van der Waals surface area contributed by atoms with E-state index < -0.39 is 0 Å². The van der Waals surface area contributed by atoms with E-state index in [1.54, 1.807) is 0 Å². The zero-order valence-corrected chi connectivity index (χ0v) is 13.3. The molecule has 1 aliphatic rings. The molecule has 0 radical (unpaired) electrons. The van der Waals surface area contributed by atoms with Crippen molar-refractivity contribution in [3.63, 3.8) is 0 Å². The minimum atomic E-state index is 0.113. The first kappa shape index (κ1) is 15.5. The van der Waals surface area contributed by atoms with Crippen LogP contribution in [0.1, 0.15) is 43.9 Å². The predicted molar refractivity (Wildman–Crippen MR) is 86.0 cm³/mol. The quantitative estimate of drug-likeness (QED) is 0.916. The fraction of sp³-hybridized carbons (Fsp3) is 0.647. The molecule has 0 bridgehead atoms. The normalized spacial score (nSPS) is 23.2. The van der Waals surface area contributed by atoms with E-state index in [0.717, 1.165) is 26.2 Å². The summed E-state index contributed by atoms with van der Waals surface area (Å²) in [5.74, 6) is 0.581.